The monoisotopic (exact) mass is 464 g/mol. The van der Waals surface area contributed by atoms with Crippen LogP contribution in [-0.4, -0.2) is 23.7 Å². The van der Waals surface area contributed by atoms with Crippen LogP contribution < -0.4 is 15.5 Å². The number of aromatic nitrogens is 1. The third-order valence-electron chi connectivity index (χ3n) is 5.47. The van der Waals surface area contributed by atoms with E-state index in [9.17, 15) is 14.4 Å². The van der Waals surface area contributed by atoms with Gasteiger partial charge in [0.2, 0.25) is 5.43 Å². The Morgan fingerprint density at radius 2 is 1.62 bits per heavy atom. The van der Waals surface area contributed by atoms with Gasteiger partial charge in [-0.3, -0.25) is 9.59 Å². The topological polar surface area (TPSA) is 97.5 Å². The number of nitrogens with one attached hydrogen (secondary N) is 2. The summed E-state index contributed by atoms with van der Waals surface area (Å²) in [6, 6.07) is 10.6. The summed E-state index contributed by atoms with van der Waals surface area (Å²) in [6.07, 6.45) is 0.593. The number of pyridine rings is 1. The number of amides is 1. The molecule has 1 aromatic heterocycles. The summed E-state index contributed by atoms with van der Waals surface area (Å²) in [5.41, 5.74) is 1.69. The Balaban J connectivity index is 2.12. The van der Waals surface area contributed by atoms with Crippen LogP contribution in [0.1, 0.15) is 70.0 Å². The Bertz CT molecular complexity index is 1290. The third-order valence-corrected chi connectivity index (χ3v) is 5.47. The van der Waals surface area contributed by atoms with Crippen molar-refractivity contribution in [3.63, 3.8) is 0 Å². The Morgan fingerprint density at radius 3 is 2.24 bits per heavy atom. The van der Waals surface area contributed by atoms with E-state index >= 15 is 0 Å². The van der Waals surface area contributed by atoms with Crippen molar-refractivity contribution in [2.24, 2.45) is 0 Å². The molecule has 180 valence electrons. The van der Waals surface area contributed by atoms with Crippen LogP contribution in [0.3, 0.4) is 0 Å². The first-order valence-electron chi connectivity index (χ1n) is 11.3. The minimum atomic E-state index is -0.820. The number of H-pyrrole nitrogens is 1. The van der Waals surface area contributed by atoms with E-state index in [1.807, 2.05) is 53.7 Å². The van der Waals surface area contributed by atoms with Crippen LogP contribution in [0, 0.1) is 0 Å². The number of hydrogen-bond acceptors (Lipinski definition) is 5. The summed E-state index contributed by atoms with van der Waals surface area (Å²) in [7, 11) is 0. The predicted molar refractivity (Wildman–Crippen MR) is 134 cm³/mol. The number of hydrogen-bond donors (Lipinski definition) is 2. The van der Waals surface area contributed by atoms with Crippen LogP contribution in [0.15, 0.2) is 47.4 Å². The summed E-state index contributed by atoms with van der Waals surface area (Å²) in [6.45, 7) is 14.0. The summed E-state index contributed by atoms with van der Waals surface area (Å²) >= 11 is 0. The molecule has 0 saturated carbocycles. The van der Waals surface area contributed by atoms with Crippen molar-refractivity contribution < 1.29 is 19.1 Å². The molecule has 0 aliphatic heterocycles. The molecule has 7 heteroatoms. The van der Waals surface area contributed by atoms with E-state index in [1.54, 1.807) is 31.2 Å². The number of fused-ring (bicyclic) bond motifs is 1. The molecule has 3 rings (SSSR count). The second-order valence-electron chi connectivity index (χ2n) is 10.2. The molecule has 0 fully saturated rings. The van der Waals surface area contributed by atoms with E-state index in [2.05, 4.69) is 10.3 Å². The van der Waals surface area contributed by atoms with Crippen molar-refractivity contribution >= 4 is 28.7 Å². The highest BCUT2D eigenvalue weighted by molar-refractivity contribution is 6.06. The molecule has 0 atom stereocenters. The minimum Gasteiger partial charge on any atom is -0.434 e. The molecule has 2 N–H and O–H groups in total. The molecule has 0 bridgehead atoms. The molecule has 0 aliphatic carbocycles. The fraction of sp³-hybridized carbons (Fsp3) is 0.370. The second-order valence-corrected chi connectivity index (χ2v) is 10.2. The summed E-state index contributed by atoms with van der Waals surface area (Å²) < 4.78 is 10.5. The maximum absolute atomic E-state index is 13.2. The SMILES string of the molecule is CCOC(=O)Oc1cc(NC(=O)c2c[nH]c3ccccc3c2=O)c(C(C)(C)C)cc1C(C)(C)C. The number of para-hydroxylation sites is 1. The van der Waals surface area contributed by atoms with Gasteiger partial charge in [0.25, 0.3) is 5.91 Å². The van der Waals surface area contributed by atoms with Gasteiger partial charge in [0.05, 0.1) is 6.61 Å². The van der Waals surface area contributed by atoms with Crippen LogP contribution in [0.5, 0.6) is 5.75 Å². The van der Waals surface area contributed by atoms with E-state index in [4.69, 9.17) is 9.47 Å². The minimum absolute atomic E-state index is 0.00804. The van der Waals surface area contributed by atoms with Gasteiger partial charge in [-0.15, -0.1) is 0 Å². The molecule has 0 aliphatic rings. The number of benzene rings is 2. The smallest absolute Gasteiger partial charge is 0.434 e. The maximum atomic E-state index is 13.2. The quantitative estimate of drug-likeness (QED) is 0.369. The molecule has 34 heavy (non-hydrogen) atoms. The van der Waals surface area contributed by atoms with E-state index in [-0.39, 0.29) is 28.4 Å². The Morgan fingerprint density at radius 1 is 0.971 bits per heavy atom. The average molecular weight is 465 g/mol. The lowest BCUT2D eigenvalue weighted by atomic mass is 9.79. The van der Waals surface area contributed by atoms with Gasteiger partial charge in [0.15, 0.2) is 0 Å². The largest absolute Gasteiger partial charge is 0.513 e. The van der Waals surface area contributed by atoms with E-state index in [0.29, 0.717) is 22.3 Å². The normalized spacial score (nSPS) is 11.9. The fourth-order valence-electron chi connectivity index (χ4n) is 3.74. The first-order valence-corrected chi connectivity index (χ1v) is 11.3. The highest BCUT2D eigenvalue weighted by Gasteiger charge is 2.28. The van der Waals surface area contributed by atoms with E-state index in [0.717, 1.165) is 11.1 Å². The van der Waals surface area contributed by atoms with Gasteiger partial charge in [-0.05, 0) is 41.5 Å². The number of carbonyl (C=O) groups excluding carboxylic acids is 2. The van der Waals surface area contributed by atoms with Gasteiger partial charge in [0, 0.05) is 34.4 Å². The number of anilines is 1. The van der Waals surface area contributed by atoms with Crippen LogP contribution >= 0.6 is 0 Å². The van der Waals surface area contributed by atoms with Crippen molar-refractivity contribution in [2.45, 2.75) is 59.3 Å². The lowest BCUT2D eigenvalue weighted by Crippen LogP contribution is -2.25. The van der Waals surface area contributed by atoms with Crippen molar-refractivity contribution in [1.82, 2.24) is 4.98 Å². The van der Waals surface area contributed by atoms with Crippen LogP contribution in [0.4, 0.5) is 10.5 Å². The zero-order valence-corrected chi connectivity index (χ0v) is 20.8. The highest BCUT2D eigenvalue weighted by atomic mass is 16.7. The maximum Gasteiger partial charge on any atom is 0.513 e. The molecule has 1 amide bonds. The average Bonchev–Trinajstić information content (AvgIpc) is 2.72. The number of carbonyl (C=O) groups is 2. The molecule has 0 spiro atoms. The van der Waals surface area contributed by atoms with E-state index < -0.39 is 12.1 Å². The van der Waals surface area contributed by atoms with Crippen molar-refractivity contribution in [3.05, 3.63) is 69.5 Å². The standard InChI is InChI=1S/C27H32N2O5/c1-8-33-25(32)34-22-14-21(18(26(2,3)4)13-19(22)27(5,6)7)29-24(31)17-15-28-20-12-10-9-11-16(20)23(17)30/h9-15H,8H2,1-7H3,(H,28,30)(H,29,31). The molecule has 0 unspecified atom stereocenters. The van der Waals surface area contributed by atoms with Crippen molar-refractivity contribution in [1.29, 1.82) is 0 Å². The van der Waals surface area contributed by atoms with Crippen molar-refractivity contribution in [2.75, 3.05) is 11.9 Å². The number of rotatable bonds is 4. The number of ether oxygens (including phenoxy) is 2. The lowest BCUT2D eigenvalue weighted by Gasteiger charge is -2.29. The fourth-order valence-corrected chi connectivity index (χ4v) is 3.74. The Labute approximate surface area is 199 Å². The first-order chi connectivity index (χ1) is 15.8. The molecule has 0 saturated heterocycles. The third kappa shape index (κ3) is 5.30. The van der Waals surface area contributed by atoms with Gasteiger partial charge >= 0.3 is 6.16 Å². The predicted octanol–water partition coefficient (Wildman–Crippen LogP) is 5.91. The Kier molecular flexibility index (Phi) is 6.87. The van der Waals surface area contributed by atoms with Gasteiger partial charge in [-0.1, -0.05) is 53.7 Å². The van der Waals surface area contributed by atoms with Gasteiger partial charge in [-0.2, -0.15) is 0 Å². The van der Waals surface area contributed by atoms with Crippen LogP contribution in [-0.2, 0) is 15.6 Å². The van der Waals surface area contributed by atoms with Crippen molar-refractivity contribution in [3.8, 4) is 5.75 Å². The van der Waals surface area contributed by atoms with Crippen LogP contribution in [0.2, 0.25) is 0 Å². The Hall–Kier alpha value is -3.61. The van der Waals surface area contributed by atoms with Crippen LogP contribution in [0.25, 0.3) is 10.9 Å². The molecule has 1 heterocycles. The molecule has 0 radical (unpaired) electrons. The summed E-state index contributed by atoms with van der Waals surface area (Å²) in [4.78, 5) is 41.3. The molecular formula is C27H32N2O5. The zero-order valence-electron chi connectivity index (χ0n) is 20.8. The number of aromatic amines is 1. The molecule has 2 aromatic carbocycles. The summed E-state index contributed by atoms with van der Waals surface area (Å²) in [5, 5.41) is 3.30. The second kappa shape index (κ2) is 9.33. The molecule has 3 aromatic rings. The van der Waals surface area contributed by atoms with Gasteiger partial charge in [0.1, 0.15) is 11.3 Å². The van der Waals surface area contributed by atoms with Gasteiger partial charge < -0.3 is 19.8 Å². The zero-order chi connectivity index (χ0) is 25.3. The molecular weight excluding hydrogens is 432 g/mol. The van der Waals surface area contributed by atoms with Gasteiger partial charge in [-0.25, -0.2) is 4.79 Å². The summed E-state index contributed by atoms with van der Waals surface area (Å²) in [5.74, 6) is -0.259. The van der Waals surface area contributed by atoms with E-state index in [1.165, 1.54) is 6.20 Å². The molecule has 7 nitrogen and oxygen atoms in total. The first kappa shape index (κ1) is 25.0. The highest BCUT2D eigenvalue weighted by Crippen LogP contribution is 2.40. The lowest BCUT2D eigenvalue weighted by molar-refractivity contribution is 0.102.